The number of carbonyl (C=O) groups excluding carboxylic acids is 1. The van der Waals surface area contributed by atoms with Gasteiger partial charge in [-0.05, 0) is 31.4 Å². The van der Waals surface area contributed by atoms with E-state index in [2.05, 4.69) is 15.0 Å². The third-order valence-corrected chi connectivity index (χ3v) is 8.89. The van der Waals surface area contributed by atoms with Gasteiger partial charge in [0, 0.05) is 71.8 Å². The number of benzene rings is 1. The summed E-state index contributed by atoms with van der Waals surface area (Å²) >= 11 is 0. The van der Waals surface area contributed by atoms with E-state index in [1.807, 2.05) is 6.07 Å². The van der Waals surface area contributed by atoms with Gasteiger partial charge >= 0.3 is 0 Å². The highest BCUT2D eigenvalue weighted by atomic mass is 32.2. The van der Waals surface area contributed by atoms with Crippen molar-refractivity contribution in [2.75, 3.05) is 13.1 Å². The fourth-order valence-corrected chi connectivity index (χ4v) is 6.42. The van der Waals surface area contributed by atoms with Gasteiger partial charge in [0.05, 0.1) is 17.0 Å². The quantitative estimate of drug-likeness (QED) is 0.431. The van der Waals surface area contributed by atoms with E-state index in [1.54, 1.807) is 24.7 Å². The molecular weight excluding hydrogens is 498 g/mol. The minimum atomic E-state index is -3.91. The Balaban J connectivity index is 1.26. The van der Waals surface area contributed by atoms with E-state index in [-0.39, 0.29) is 30.6 Å². The van der Waals surface area contributed by atoms with Crippen LogP contribution in [0.15, 0.2) is 48.9 Å². The molecular formula is C27H24F2N4O3S. The highest BCUT2D eigenvalue weighted by Gasteiger charge is 2.33. The van der Waals surface area contributed by atoms with Crippen LogP contribution in [0.4, 0.5) is 8.78 Å². The lowest BCUT2D eigenvalue weighted by Crippen LogP contribution is -2.30. The van der Waals surface area contributed by atoms with E-state index in [4.69, 9.17) is 0 Å². The Kier molecular flexibility index (Phi) is 5.95. The number of fused-ring (bicyclic) bond motifs is 1. The molecule has 190 valence electrons. The van der Waals surface area contributed by atoms with Gasteiger partial charge in [0.15, 0.2) is 5.78 Å². The molecule has 0 radical (unpaired) electrons. The van der Waals surface area contributed by atoms with Gasteiger partial charge in [-0.25, -0.2) is 27.2 Å². The van der Waals surface area contributed by atoms with Crippen LogP contribution in [0.2, 0.25) is 0 Å². The fraction of sp³-hybridized carbons (Fsp3) is 0.333. The van der Waals surface area contributed by atoms with Gasteiger partial charge in [0.25, 0.3) is 0 Å². The molecule has 2 fully saturated rings. The molecule has 0 unspecified atom stereocenters. The van der Waals surface area contributed by atoms with Gasteiger partial charge in [-0.3, -0.25) is 9.78 Å². The summed E-state index contributed by atoms with van der Waals surface area (Å²) in [6, 6.07) is 5.99. The van der Waals surface area contributed by atoms with Crippen LogP contribution < -0.4 is 0 Å². The molecule has 3 heterocycles. The van der Waals surface area contributed by atoms with E-state index in [0.29, 0.717) is 29.2 Å². The Morgan fingerprint density at radius 2 is 1.81 bits per heavy atom. The van der Waals surface area contributed by atoms with Crippen LogP contribution in [0.25, 0.3) is 16.7 Å². The number of nitrogens with zero attached hydrogens (tertiary/aromatic N) is 4. The fourth-order valence-electron chi connectivity index (χ4n) is 4.85. The zero-order chi connectivity index (χ0) is 25.7. The first-order valence-corrected chi connectivity index (χ1v) is 13.9. The normalized spacial score (nSPS) is 19.6. The van der Waals surface area contributed by atoms with E-state index in [1.165, 1.54) is 18.2 Å². The Morgan fingerprint density at radius 3 is 2.51 bits per heavy atom. The van der Waals surface area contributed by atoms with Crippen molar-refractivity contribution in [2.24, 2.45) is 0 Å². The van der Waals surface area contributed by atoms with Crippen LogP contribution in [0.1, 0.15) is 58.2 Å². The van der Waals surface area contributed by atoms with E-state index in [9.17, 15) is 17.6 Å². The number of Topliss-reactive ketones (excluding diaryl/α,β-unsaturated/α-hetero) is 1. The molecule has 37 heavy (non-hydrogen) atoms. The zero-order valence-electron chi connectivity index (χ0n) is 19.9. The summed E-state index contributed by atoms with van der Waals surface area (Å²) in [5.74, 6) is -0.782. The zero-order valence-corrected chi connectivity index (χ0v) is 20.7. The van der Waals surface area contributed by atoms with E-state index in [0.717, 1.165) is 34.1 Å². The Hall–Kier alpha value is -3.37. The molecule has 1 saturated heterocycles. The first kappa shape index (κ1) is 24.0. The highest BCUT2D eigenvalue weighted by molar-refractivity contribution is 7.88. The predicted molar refractivity (Wildman–Crippen MR) is 133 cm³/mol. The molecule has 6 rings (SSSR count). The molecule has 0 spiro atoms. The largest absolute Gasteiger partial charge is 0.288 e. The molecule has 1 atom stereocenters. The smallest absolute Gasteiger partial charge is 0.218 e. The Bertz CT molecular complexity index is 1540. The molecule has 2 aromatic heterocycles. The predicted octanol–water partition coefficient (Wildman–Crippen LogP) is 4.25. The summed E-state index contributed by atoms with van der Waals surface area (Å²) in [7, 11) is -3.91. The van der Waals surface area contributed by atoms with Crippen molar-refractivity contribution in [3.05, 3.63) is 83.0 Å². The molecule has 0 N–H and O–H groups in total. The topological polar surface area (TPSA) is 93.1 Å². The second-order valence-corrected chi connectivity index (χ2v) is 11.7. The Labute approximate surface area is 213 Å². The van der Waals surface area contributed by atoms with Crippen molar-refractivity contribution >= 4 is 21.4 Å². The van der Waals surface area contributed by atoms with Gasteiger partial charge in [0.1, 0.15) is 17.8 Å². The molecule has 10 heteroatoms. The number of carbonyl (C=O) groups is 1. The van der Waals surface area contributed by atoms with Crippen LogP contribution in [-0.4, -0.2) is 52.7 Å². The third kappa shape index (κ3) is 4.59. The summed E-state index contributed by atoms with van der Waals surface area (Å²) in [5.41, 5.74) is 2.83. The number of ketones is 1. The molecule has 7 nitrogen and oxygen atoms in total. The first-order valence-electron chi connectivity index (χ1n) is 12.3. The maximum absolute atomic E-state index is 15.5. The lowest BCUT2D eigenvalue weighted by molar-refractivity contribution is 0.105. The molecule has 3 aromatic rings. The highest BCUT2D eigenvalue weighted by Crippen LogP contribution is 2.38. The summed E-state index contributed by atoms with van der Waals surface area (Å²) in [4.78, 5) is 26.9. The average Bonchev–Trinajstić information content (AvgIpc) is 3.51. The number of hydrogen-bond acceptors (Lipinski definition) is 6. The second-order valence-electron chi connectivity index (χ2n) is 9.75. The molecule has 1 aliphatic heterocycles. The summed E-state index contributed by atoms with van der Waals surface area (Å²) in [6.45, 7) is -0.160. The van der Waals surface area contributed by atoms with Crippen molar-refractivity contribution in [1.82, 2.24) is 19.3 Å². The number of rotatable bonds is 7. The molecule has 1 aromatic carbocycles. The lowest BCUT2D eigenvalue weighted by atomic mass is 9.96. The molecule has 1 saturated carbocycles. The SMILES string of the molecule is O=C(C1=CCc2ncc(-c3cnc(C4CC4)nc3)cc21)c1cccc(CS(=O)(=O)N2CC[C@@H](F)C2)c1F. The minimum absolute atomic E-state index is 0.0666. The van der Waals surface area contributed by atoms with E-state index >= 15 is 4.39 Å². The van der Waals surface area contributed by atoms with Gasteiger partial charge in [0.2, 0.25) is 10.0 Å². The van der Waals surface area contributed by atoms with Crippen LogP contribution in [0.5, 0.6) is 0 Å². The maximum atomic E-state index is 15.5. The van der Waals surface area contributed by atoms with Crippen molar-refractivity contribution in [2.45, 2.75) is 43.5 Å². The minimum Gasteiger partial charge on any atom is -0.288 e. The standard InChI is InChI=1S/C27H24F2N4O3S/c28-20-8-9-33(14-20)37(35,36)15-17-2-1-3-22(25(17)29)26(34)21-6-7-24-23(21)10-18(11-30-24)19-12-31-27(32-13-19)16-4-5-16/h1-3,6,10-13,16,20H,4-5,7-9,14-15H2/t20-/m1/s1. The van der Waals surface area contributed by atoms with E-state index < -0.39 is 33.5 Å². The van der Waals surface area contributed by atoms with Crippen molar-refractivity contribution in [3.63, 3.8) is 0 Å². The Morgan fingerprint density at radius 1 is 1.05 bits per heavy atom. The monoisotopic (exact) mass is 522 g/mol. The number of sulfonamides is 1. The summed E-state index contributed by atoms with van der Waals surface area (Å²) < 4.78 is 55.5. The maximum Gasteiger partial charge on any atom is 0.218 e. The number of halogens is 2. The van der Waals surface area contributed by atoms with Crippen LogP contribution in [0.3, 0.4) is 0 Å². The van der Waals surface area contributed by atoms with Crippen molar-refractivity contribution in [3.8, 4) is 11.1 Å². The molecule has 3 aliphatic rings. The van der Waals surface area contributed by atoms with Gasteiger partial charge < -0.3 is 0 Å². The number of pyridine rings is 1. The van der Waals surface area contributed by atoms with Gasteiger partial charge in [-0.1, -0.05) is 18.2 Å². The summed E-state index contributed by atoms with van der Waals surface area (Å²) in [6.07, 6.45) is 8.48. The number of allylic oxidation sites excluding steroid dienone is 2. The molecule has 0 bridgehead atoms. The number of alkyl halides is 1. The van der Waals surface area contributed by atoms with Crippen LogP contribution >= 0.6 is 0 Å². The second kappa shape index (κ2) is 9.18. The number of aromatic nitrogens is 3. The lowest BCUT2D eigenvalue weighted by Gasteiger charge is -2.16. The van der Waals surface area contributed by atoms with Crippen LogP contribution in [-0.2, 0) is 22.2 Å². The average molecular weight is 523 g/mol. The molecule has 0 amide bonds. The van der Waals surface area contributed by atoms with Crippen molar-refractivity contribution in [1.29, 1.82) is 0 Å². The first-order chi connectivity index (χ1) is 17.8. The van der Waals surface area contributed by atoms with Gasteiger partial charge in [-0.2, -0.15) is 4.31 Å². The third-order valence-electron chi connectivity index (χ3n) is 7.10. The van der Waals surface area contributed by atoms with Gasteiger partial charge in [-0.15, -0.1) is 0 Å². The number of hydrogen-bond donors (Lipinski definition) is 0. The summed E-state index contributed by atoms with van der Waals surface area (Å²) in [5, 5.41) is 0. The van der Waals surface area contributed by atoms with Crippen LogP contribution in [0, 0.1) is 5.82 Å². The molecule has 2 aliphatic carbocycles. The van der Waals surface area contributed by atoms with Crippen molar-refractivity contribution < 1.29 is 22.0 Å².